The minimum absolute atomic E-state index is 0.0116. The Morgan fingerprint density at radius 3 is 2.27 bits per heavy atom. The summed E-state index contributed by atoms with van der Waals surface area (Å²) in [4.78, 5) is 28.5. The van der Waals surface area contributed by atoms with Gasteiger partial charge in [-0.3, -0.25) is 4.79 Å². The Kier molecular flexibility index (Phi) is 11.9. The van der Waals surface area contributed by atoms with E-state index in [0.717, 1.165) is 30.5 Å². The molecule has 218 valence electrons. The Labute approximate surface area is 237 Å². The summed E-state index contributed by atoms with van der Waals surface area (Å²) in [6.45, 7) is 13.4. The van der Waals surface area contributed by atoms with Crippen molar-refractivity contribution in [3.63, 3.8) is 0 Å². The number of hydrogen-bond donors (Lipinski definition) is 2. The molecule has 1 aliphatic rings. The summed E-state index contributed by atoms with van der Waals surface area (Å²) in [6.07, 6.45) is 3.87. The molecule has 0 aliphatic heterocycles. The molecule has 9 heteroatoms. The maximum Gasteiger partial charge on any atom is 0.235 e. The standard InChI is InChI=1S/C20H24FN3O2.C11H19NO2/c1-5-23-20(24-16-8-6-15(22-3)7-9-16)19-14(2)12-17(13-18(19)21)26-11-10-25-4;1-10(2,3)7-12(4)9(14)11(8-13)5-6-11/h5-9,12-13,22,24H,2,10-11H2,1,3-4H3;8H,5-7H2,1-4H3/b20-19-,23-5-;. The summed E-state index contributed by atoms with van der Waals surface area (Å²) >= 11 is 0. The van der Waals surface area contributed by atoms with E-state index in [0.29, 0.717) is 41.8 Å². The van der Waals surface area contributed by atoms with Crippen molar-refractivity contribution in [3.05, 3.63) is 52.7 Å². The molecular formula is C31H43FN4O4. The number of halogens is 1. The Balaban J connectivity index is 0.000000337. The monoisotopic (exact) mass is 554 g/mol. The lowest BCUT2D eigenvalue weighted by atomic mass is 9.95. The summed E-state index contributed by atoms with van der Waals surface area (Å²) in [6, 6.07) is 10.6. The molecule has 2 aromatic carbocycles. The number of anilines is 2. The highest BCUT2D eigenvalue weighted by Crippen LogP contribution is 2.45. The van der Waals surface area contributed by atoms with Gasteiger partial charge < -0.3 is 29.8 Å². The highest BCUT2D eigenvalue weighted by Gasteiger charge is 2.51. The molecule has 40 heavy (non-hydrogen) atoms. The highest BCUT2D eigenvalue weighted by molar-refractivity contribution is 5.99. The molecule has 1 saturated carbocycles. The zero-order valence-electron chi connectivity index (χ0n) is 24.8. The lowest BCUT2D eigenvalue weighted by Crippen LogP contribution is -2.39. The Morgan fingerprint density at radius 1 is 1.18 bits per heavy atom. The third kappa shape index (κ3) is 9.48. The van der Waals surface area contributed by atoms with Gasteiger partial charge >= 0.3 is 0 Å². The van der Waals surface area contributed by atoms with Crippen LogP contribution in [0, 0.1) is 16.6 Å². The number of aliphatic imine (C=N–C) groups is 1. The number of aldehydes is 1. The Morgan fingerprint density at radius 2 is 1.80 bits per heavy atom. The van der Waals surface area contributed by atoms with Crippen molar-refractivity contribution in [2.75, 3.05) is 51.6 Å². The fraction of sp³-hybridized carbons (Fsp3) is 0.452. The summed E-state index contributed by atoms with van der Waals surface area (Å²) in [5.74, 6) is 0.328. The molecule has 1 amide bonds. The number of ether oxygens (including phenoxy) is 2. The van der Waals surface area contributed by atoms with Gasteiger partial charge in [-0.15, -0.1) is 0 Å². The molecule has 0 bridgehead atoms. The first-order valence-corrected chi connectivity index (χ1v) is 13.3. The second-order valence-electron chi connectivity index (χ2n) is 11.0. The molecule has 8 nitrogen and oxygen atoms in total. The van der Waals surface area contributed by atoms with Gasteiger partial charge in [0.25, 0.3) is 0 Å². The second-order valence-corrected chi connectivity index (χ2v) is 11.0. The average Bonchev–Trinajstić information content (AvgIpc) is 3.69. The van der Waals surface area contributed by atoms with E-state index < -0.39 is 11.2 Å². The molecule has 1 fully saturated rings. The number of amides is 1. The topological polar surface area (TPSA) is 92.3 Å². The fourth-order valence-electron chi connectivity index (χ4n) is 4.05. The van der Waals surface area contributed by atoms with Crippen LogP contribution in [-0.4, -0.2) is 64.3 Å². The SMILES string of the molecule is C=c1cc(OCCOC)cc(F)/c1=C(/N=C\C)Nc1ccc(NC)cc1.CN(CC(C)(C)C)C(=O)C1(C=O)CC1. The van der Waals surface area contributed by atoms with Gasteiger partial charge in [-0.1, -0.05) is 27.4 Å². The van der Waals surface area contributed by atoms with E-state index in [1.165, 1.54) is 6.07 Å². The average molecular weight is 555 g/mol. The predicted octanol–water partition coefficient (Wildman–Crippen LogP) is 4.04. The largest absolute Gasteiger partial charge is 0.491 e. The van der Waals surface area contributed by atoms with Crippen LogP contribution in [0.1, 0.15) is 40.5 Å². The summed E-state index contributed by atoms with van der Waals surface area (Å²) in [7, 11) is 5.21. The smallest absolute Gasteiger partial charge is 0.235 e. The van der Waals surface area contributed by atoms with Crippen molar-refractivity contribution in [2.45, 2.75) is 40.5 Å². The van der Waals surface area contributed by atoms with Crippen LogP contribution < -0.4 is 25.8 Å². The van der Waals surface area contributed by atoms with Crippen molar-refractivity contribution < 1.29 is 23.5 Å². The van der Waals surface area contributed by atoms with Crippen LogP contribution in [0.25, 0.3) is 12.4 Å². The molecule has 0 saturated heterocycles. The number of hydrogen-bond acceptors (Lipinski definition) is 7. The van der Waals surface area contributed by atoms with Crippen LogP contribution in [0.2, 0.25) is 0 Å². The van der Waals surface area contributed by atoms with Crippen molar-refractivity contribution in [1.29, 1.82) is 0 Å². The number of benzene rings is 2. The summed E-state index contributed by atoms with van der Waals surface area (Å²) < 4.78 is 25.1. The van der Waals surface area contributed by atoms with E-state index in [2.05, 4.69) is 43.0 Å². The Hall–Kier alpha value is -3.72. The van der Waals surface area contributed by atoms with E-state index >= 15 is 0 Å². The third-order valence-electron chi connectivity index (χ3n) is 6.13. The molecule has 0 unspecified atom stereocenters. The second kappa shape index (κ2) is 14.6. The summed E-state index contributed by atoms with van der Waals surface area (Å²) in [5, 5.41) is 6.99. The van der Waals surface area contributed by atoms with Gasteiger partial charge in [0, 0.05) is 51.4 Å². The lowest BCUT2D eigenvalue weighted by Gasteiger charge is -2.28. The minimum atomic E-state index is -0.653. The first-order chi connectivity index (χ1) is 18.9. The molecule has 0 atom stereocenters. The molecule has 2 aromatic rings. The first kappa shape index (κ1) is 32.5. The molecule has 1 aliphatic carbocycles. The van der Waals surface area contributed by atoms with Crippen LogP contribution in [0.4, 0.5) is 15.8 Å². The zero-order chi connectivity index (χ0) is 29.9. The van der Waals surface area contributed by atoms with E-state index in [4.69, 9.17) is 9.47 Å². The van der Waals surface area contributed by atoms with E-state index in [1.54, 1.807) is 38.3 Å². The molecule has 0 aromatic heterocycles. The van der Waals surface area contributed by atoms with Crippen LogP contribution >= 0.6 is 0 Å². The minimum Gasteiger partial charge on any atom is -0.491 e. The van der Waals surface area contributed by atoms with Crippen molar-refractivity contribution in [3.8, 4) is 5.75 Å². The quantitative estimate of drug-likeness (QED) is 0.189. The van der Waals surface area contributed by atoms with Crippen molar-refractivity contribution >= 4 is 42.2 Å². The van der Waals surface area contributed by atoms with Gasteiger partial charge in [-0.2, -0.15) is 0 Å². The van der Waals surface area contributed by atoms with Crippen LogP contribution in [0.3, 0.4) is 0 Å². The third-order valence-corrected chi connectivity index (χ3v) is 6.13. The molecule has 2 N–H and O–H groups in total. The number of carbonyl (C=O) groups is 2. The van der Waals surface area contributed by atoms with Gasteiger partial charge in [0.2, 0.25) is 5.91 Å². The van der Waals surface area contributed by atoms with Crippen LogP contribution in [-0.2, 0) is 14.3 Å². The number of nitrogens with zero attached hydrogens (tertiary/aromatic N) is 2. The van der Waals surface area contributed by atoms with Gasteiger partial charge in [-0.25, -0.2) is 9.38 Å². The van der Waals surface area contributed by atoms with E-state index in [1.807, 2.05) is 31.3 Å². The first-order valence-electron chi connectivity index (χ1n) is 13.3. The number of rotatable bonds is 11. The molecule has 0 radical (unpaired) electrons. The van der Waals surface area contributed by atoms with E-state index in [9.17, 15) is 14.0 Å². The van der Waals surface area contributed by atoms with E-state index in [-0.39, 0.29) is 11.3 Å². The Bertz CT molecular complexity index is 1280. The zero-order valence-corrected chi connectivity index (χ0v) is 24.8. The van der Waals surface area contributed by atoms with Gasteiger partial charge in [0.15, 0.2) is 0 Å². The molecule has 3 rings (SSSR count). The predicted molar refractivity (Wildman–Crippen MR) is 161 cm³/mol. The molecular weight excluding hydrogens is 511 g/mol. The maximum absolute atomic E-state index is 14.7. The van der Waals surface area contributed by atoms with Crippen molar-refractivity contribution in [2.24, 2.45) is 15.8 Å². The van der Waals surface area contributed by atoms with Gasteiger partial charge in [0.05, 0.1) is 11.8 Å². The summed E-state index contributed by atoms with van der Waals surface area (Å²) in [5.41, 5.74) is 1.21. The number of nitrogens with one attached hydrogen (secondary N) is 2. The van der Waals surface area contributed by atoms with Crippen LogP contribution in [0.15, 0.2) is 41.4 Å². The lowest BCUT2D eigenvalue weighted by molar-refractivity contribution is -0.139. The normalized spacial score (nSPS) is 14.5. The molecule has 0 heterocycles. The van der Waals surface area contributed by atoms with Gasteiger partial charge in [0.1, 0.15) is 35.7 Å². The number of carbonyl (C=O) groups excluding carboxylic acids is 2. The van der Waals surface area contributed by atoms with Crippen molar-refractivity contribution in [1.82, 2.24) is 4.90 Å². The fourth-order valence-corrected chi connectivity index (χ4v) is 4.05. The maximum atomic E-state index is 14.7. The molecule has 0 spiro atoms. The number of methoxy groups -OCH3 is 1. The highest BCUT2D eigenvalue weighted by atomic mass is 19.1. The van der Waals surface area contributed by atoms with Gasteiger partial charge in [-0.05, 0) is 60.7 Å². The van der Waals surface area contributed by atoms with Crippen LogP contribution in [0.5, 0.6) is 5.75 Å².